The van der Waals surface area contributed by atoms with Gasteiger partial charge in [-0.15, -0.1) is 4.52 Å². The van der Waals surface area contributed by atoms with Crippen molar-refractivity contribution >= 4 is 16.9 Å². The number of hydrogen-bond acceptors (Lipinski definition) is 7. The van der Waals surface area contributed by atoms with Crippen LogP contribution in [0, 0.1) is 0 Å². The molecule has 5 atom stereocenters. The summed E-state index contributed by atoms with van der Waals surface area (Å²) in [5, 5.41) is 3.24. The van der Waals surface area contributed by atoms with E-state index in [9.17, 15) is 9.13 Å². The molecule has 8 nitrogen and oxygen atoms in total. The van der Waals surface area contributed by atoms with E-state index in [0.717, 1.165) is 6.54 Å². The molecule has 0 saturated carbocycles. The minimum atomic E-state index is -1.95. The van der Waals surface area contributed by atoms with Gasteiger partial charge in [-0.25, -0.2) is 4.57 Å². The highest BCUT2D eigenvalue weighted by Gasteiger charge is 2.39. The van der Waals surface area contributed by atoms with Crippen LogP contribution in [-0.2, 0) is 27.7 Å². The molecule has 0 bridgehead atoms. The summed E-state index contributed by atoms with van der Waals surface area (Å²) in [5.41, 5.74) is 0. The van der Waals surface area contributed by atoms with Crippen LogP contribution in [0.5, 0.6) is 0 Å². The topological polar surface area (TPSA) is 86.3 Å². The molecule has 22 heavy (non-hydrogen) atoms. The second-order valence-corrected chi connectivity index (χ2v) is 7.28. The molecule has 0 radical (unpaired) electrons. The fraction of sp³-hybridized carbons (Fsp3) is 1.00. The van der Waals surface area contributed by atoms with Crippen molar-refractivity contribution in [3.8, 4) is 0 Å². The van der Waals surface area contributed by atoms with Gasteiger partial charge in [0, 0.05) is 13.1 Å². The average Bonchev–Trinajstić information content (AvgIpc) is 2.50. The third-order valence-corrected chi connectivity index (χ3v) is 4.86. The van der Waals surface area contributed by atoms with Crippen molar-refractivity contribution in [1.29, 1.82) is 0 Å². The lowest BCUT2D eigenvalue weighted by Gasteiger charge is -2.30. The summed E-state index contributed by atoms with van der Waals surface area (Å²) in [6.45, 7) is 6.85. The van der Waals surface area contributed by atoms with Crippen molar-refractivity contribution in [2.75, 3.05) is 39.4 Å². The standard InChI is InChI=1S/C12H23N2O6P2/c1-9-3-13-4-11(19-9)8-18-22(16)14-5-10(2)20-12(6-14)7-17-21-15/h9-13H,3-8H2,1-2H3/q+1/t9-,10-,11-,12-/m0/s1. The monoisotopic (exact) mass is 353 g/mol. The largest absolute Gasteiger partial charge is 0.616 e. The number of morpholine rings is 2. The van der Waals surface area contributed by atoms with E-state index in [1.54, 1.807) is 4.67 Å². The van der Waals surface area contributed by atoms with E-state index in [1.807, 2.05) is 13.8 Å². The highest BCUT2D eigenvalue weighted by Crippen LogP contribution is 2.32. The first-order valence-corrected chi connectivity index (χ1v) is 9.25. The SMILES string of the molecule is C[C@H]1CNC[C@@H](CO[P+](=O)N2C[C@@H](COP=O)O[C@@H](C)C2)O1. The molecule has 2 rings (SSSR count). The van der Waals surface area contributed by atoms with E-state index in [-0.39, 0.29) is 39.7 Å². The highest BCUT2D eigenvalue weighted by atomic mass is 31.1. The molecule has 0 spiro atoms. The molecule has 2 fully saturated rings. The molecule has 2 aliphatic rings. The Balaban J connectivity index is 1.76. The van der Waals surface area contributed by atoms with Crippen LogP contribution in [0.2, 0.25) is 0 Å². The van der Waals surface area contributed by atoms with Crippen LogP contribution in [0.25, 0.3) is 0 Å². The average molecular weight is 353 g/mol. The van der Waals surface area contributed by atoms with Crippen LogP contribution in [0.1, 0.15) is 13.8 Å². The summed E-state index contributed by atoms with van der Waals surface area (Å²) < 4.78 is 46.0. The van der Waals surface area contributed by atoms with Crippen LogP contribution in [0.3, 0.4) is 0 Å². The molecule has 0 aromatic heterocycles. The smallest absolute Gasteiger partial charge is 0.370 e. The van der Waals surface area contributed by atoms with Gasteiger partial charge in [0.2, 0.25) is 0 Å². The molecule has 0 aromatic carbocycles. The van der Waals surface area contributed by atoms with Crippen LogP contribution in [0.4, 0.5) is 0 Å². The van der Waals surface area contributed by atoms with Crippen LogP contribution >= 0.6 is 16.9 Å². The Morgan fingerprint density at radius 2 is 1.95 bits per heavy atom. The lowest BCUT2D eigenvalue weighted by Crippen LogP contribution is -2.46. The zero-order valence-electron chi connectivity index (χ0n) is 12.8. The van der Waals surface area contributed by atoms with Gasteiger partial charge in [0.1, 0.15) is 6.61 Å². The zero-order chi connectivity index (χ0) is 15.9. The van der Waals surface area contributed by atoms with E-state index in [2.05, 4.69) is 5.32 Å². The van der Waals surface area contributed by atoms with Crippen molar-refractivity contribution in [1.82, 2.24) is 9.99 Å². The van der Waals surface area contributed by atoms with E-state index in [0.29, 0.717) is 26.2 Å². The normalized spacial score (nSPS) is 34.7. The van der Waals surface area contributed by atoms with Crippen molar-refractivity contribution < 1.29 is 27.7 Å². The minimum absolute atomic E-state index is 0.0826. The first kappa shape index (κ1) is 18.3. The summed E-state index contributed by atoms with van der Waals surface area (Å²) in [6.07, 6.45) is -0.294. The van der Waals surface area contributed by atoms with Gasteiger partial charge < -0.3 is 14.8 Å². The first-order chi connectivity index (χ1) is 10.6. The Bertz CT molecular complexity index is 389. The van der Waals surface area contributed by atoms with Crippen LogP contribution in [0.15, 0.2) is 0 Å². The maximum Gasteiger partial charge on any atom is 0.616 e. The summed E-state index contributed by atoms with van der Waals surface area (Å²) in [6, 6.07) is 0. The first-order valence-electron chi connectivity index (χ1n) is 7.39. The van der Waals surface area contributed by atoms with E-state index >= 15 is 0 Å². The van der Waals surface area contributed by atoms with E-state index < -0.39 is 8.18 Å². The fourth-order valence-electron chi connectivity index (χ4n) is 2.56. The molecule has 1 N–H and O–H groups in total. The minimum Gasteiger partial charge on any atom is -0.370 e. The Morgan fingerprint density at radius 1 is 1.18 bits per heavy atom. The highest BCUT2D eigenvalue weighted by molar-refractivity contribution is 7.36. The molecule has 126 valence electrons. The van der Waals surface area contributed by atoms with Crippen molar-refractivity contribution in [2.24, 2.45) is 0 Å². The summed E-state index contributed by atoms with van der Waals surface area (Å²) in [4.78, 5) is 0. The molecule has 0 aromatic rings. The van der Waals surface area contributed by atoms with Gasteiger partial charge in [0.25, 0.3) is 0 Å². The van der Waals surface area contributed by atoms with Gasteiger partial charge in [0.15, 0.2) is 0 Å². The van der Waals surface area contributed by atoms with Crippen molar-refractivity contribution in [2.45, 2.75) is 38.3 Å². The molecular weight excluding hydrogens is 330 g/mol. The summed E-state index contributed by atoms with van der Waals surface area (Å²) >= 11 is 0. The number of nitrogens with one attached hydrogen (secondary N) is 1. The second kappa shape index (κ2) is 9.30. The predicted octanol–water partition coefficient (Wildman–Crippen LogP) is 1.35. The predicted molar refractivity (Wildman–Crippen MR) is 80.2 cm³/mol. The third-order valence-electron chi connectivity index (χ3n) is 3.45. The number of ether oxygens (including phenoxy) is 2. The maximum atomic E-state index is 12.3. The summed E-state index contributed by atoms with van der Waals surface area (Å²) in [7, 11) is -2.32. The van der Waals surface area contributed by atoms with E-state index in [1.165, 1.54) is 0 Å². The summed E-state index contributed by atoms with van der Waals surface area (Å²) in [5.74, 6) is 0. The molecule has 0 amide bonds. The molecule has 0 aliphatic carbocycles. The Labute approximate surface area is 133 Å². The molecule has 2 saturated heterocycles. The molecule has 2 heterocycles. The molecular formula is C12H23N2O6P2+. The van der Waals surface area contributed by atoms with E-state index in [4.69, 9.17) is 18.5 Å². The lowest BCUT2D eigenvalue weighted by molar-refractivity contribution is -0.0741. The van der Waals surface area contributed by atoms with Crippen LogP contribution in [-0.4, -0.2) is 68.5 Å². The molecule has 1 unspecified atom stereocenters. The van der Waals surface area contributed by atoms with Gasteiger partial charge in [-0.05, 0) is 18.4 Å². The van der Waals surface area contributed by atoms with Crippen LogP contribution < -0.4 is 5.32 Å². The van der Waals surface area contributed by atoms with Gasteiger partial charge >= 0.3 is 16.9 Å². The number of nitrogens with zero attached hydrogens (tertiary/aromatic N) is 1. The third kappa shape index (κ3) is 5.87. The quantitative estimate of drug-likeness (QED) is 0.687. The molecule has 10 heteroatoms. The van der Waals surface area contributed by atoms with Gasteiger partial charge in [-0.1, -0.05) is 4.67 Å². The van der Waals surface area contributed by atoms with Gasteiger partial charge in [-0.2, -0.15) is 0 Å². The number of hydrogen-bond donors (Lipinski definition) is 1. The van der Waals surface area contributed by atoms with Crippen molar-refractivity contribution in [3.05, 3.63) is 0 Å². The number of rotatable bonds is 7. The zero-order valence-corrected chi connectivity index (χ0v) is 14.6. The molecule has 2 aliphatic heterocycles. The van der Waals surface area contributed by atoms with Crippen molar-refractivity contribution in [3.63, 3.8) is 0 Å². The maximum absolute atomic E-state index is 12.3. The lowest BCUT2D eigenvalue weighted by atomic mass is 10.2. The van der Waals surface area contributed by atoms with Gasteiger partial charge in [-0.3, -0.25) is 4.52 Å². The van der Waals surface area contributed by atoms with Gasteiger partial charge in [0.05, 0.1) is 44.1 Å². The Hall–Kier alpha value is -0.0400. The Kier molecular flexibility index (Phi) is 7.74. The fourth-order valence-corrected chi connectivity index (χ4v) is 3.92. The Morgan fingerprint density at radius 3 is 2.68 bits per heavy atom. The second-order valence-electron chi connectivity index (χ2n) is 5.57.